The number of halogens is 1. The van der Waals surface area contributed by atoms with E-state index in [1.54, 1.807) is 6.07 Å². The van der Waals surface area contributed by atoms with Crippen LogP contribution < -0.4 is 10.6 Å². The van der Waals surface area contributed by atoms with E-state index in [4.69, 9.17) is 4.98 Å². The van der Waals surface area contributed by atoms with E-state index in [2.05, 4.69) is 66.0 Å². The van der Waals surface area contributed by atoms with Crippen molar-refractivity contribution in [3.05, 3.63) is 120 Å². The van der Waals surface area contributed by atoms with Crippen molar-refractivity contribution in [2.24, 2.45) is 0 Å². The second-order valence-electron chi connectivity index (χ2n) is 11.8. The molecule has 0 aliphatic rings. The van der Waals surface area contributed by atoms with Gasteiger partial charge in [0.05, 0.1) is 23.1 Å². The van der Waals surface area contributed by atoms with E-state index in [-0.39, 0.29) is 5.82 Å². The van der Waals surface area contributed by atoms with Gasteiger partial charge in [0, 0.05) is 66.1 Å². The van der Waals surface area contributed by atoms with Crippen molar-refractivity contribution in [3.8, 4) is 33.8 Å². The molecule has 8 nitrogen and oxygen atoms in total. The van der Waals surface area contributed by atoms with Gasteiger partial charge in [0.25, 0.3) is 0 Å². The zero-order valence-corrected chi connectivity index (χ0v) is 25.8. The molecule has 7 aromatic rings. The molecule has 3 aromatic carbocycles. The highest BCUT2D eigenvalue weighted by Crippen LogP contribution is 2.36. The summed E-state index contributed by atoms with van der Waals surface area (Å²) in [7, 11) is 4.04. The standard InChI is InChI=1S/C37H35FN8/c1-46(2)12-11-41-29-15-26(14-28(38)16-29)30-9-6-10-33-31(30)17-35(43-33)37-32-18-34(42-23-36(32)44-45-37)27-13-25(21-40-22-27)20-39-19-24-7-4-3-5-8-24/h3-10,13-18,21-23,39,41,43H,11-12,19-20H2,1-2H3,(H,44,45). The maximum Gasteiger partial charge on any atom is 0.125 e. The third-order valence-corrected chi connectivity index (χ3v) is 8.06. The van der Waals surface area contributed by atoms with Crippen LogP contribution in [-0.2, 0) is 13.1 Å². The van der Waals surface area contributed by atoms with Crippen LogP contribution in [0.15, 0.2) is 104 Å². The van der Waals surface area contributed by atoms with Crippen molar-refractivity contribution in [2.75, 3.05) is 32.5 Å². The maximum atomic E-state index is 14.8. The van der Waals surface area contributed by atoms with E-state index in [9.17, 15) is 4.39 Å². The lowest BCUT2D eigenvalue weighted by molar-refractivity contribution is 0.425. The molecule has 230 valence electrons. The second kappa shape index (κ2) is 12.9. The number of anilines is 1. The fraction of sp³-hybridized carbons (Fsp3) is 0.162. The molecule has 4 aromatic heterocycles. The third kappa shape index (κ3) is 6.37. The number of nitrogens with zero attached hydrogens (tertiary/aromatic N) is 4. The summed E-state index contributed by atoms with van der Waals surface area (Å²) in [5, 5.41) is 16.6. The first kappa shape index (κ1) is 29.3. The van der Waals surface area contributed by atoms with Gasteiger partial charge in [0.1, 0.15) is 11.5 Å². The largest absolute Gasteiger partial charge is 0.384 e. The smallest absolute Gasteiger partial charge is 0.125 e. The Hall–Kier alpha value is -5.38. The van der Waals surface area contributed by atoms with Crippen LogP contribution in [0.25, 0.3) is 55.6 Å². The molecule has 0 atom stereocenters. The van der Waals surface area contributed by atoms with Crippen molar-refractivity contribution >= 4 is 27.5 Å². The summed E-state index contributed by atoms with van der Waals surface area (Å²) in [5.41, 5.74) is 10.0. The van der Waals surface area contributed by atoms with Crippen LogP contribution >= 0.6 is 0 Å². The van der Waals surface area contributed by atoms with E-state index in [0.717, 1.165) is 86.5 Å². The van der Waals surface area contributed by atoms with Gasteiger partial charge >= 0.3 is 0 Å². The summed E-state index contributed by atoms with van der Waals surface area (Å²) in [6.07, 6.45) is 5.53. The van der Waals surface area contributed by atoms with Gasteiger partial charge in [-0.1, -0.05) is 42.5 Å². The Balaban J connectivity index is 1.17. The summed E-state index contributed by atoms with van der Waals surface area (Å²) in [6, 6.07) is 27.8. The van der Waals surface area contributed by atoms with Gasteiger partial charge < -0.3 is 20.5 Å². The van der Waals surface area contributed by atoms with Crippen LogP contribution in [0.3, 0.4) is 0 Å². The highest BCUT2D eigenvalue weighted by Gasteiger charge is 2.16. The average Bonchev–Trinajstić information content (AvgIpc) is 3.69. The number of fused-ring (bicyclic) bond motifs is 2. The molecule has 0 unspecified atom stereocenters. The fourth-order valence-electron chi connectivity index (χ4n) is 5.76. The van der Waals surface area contributed by atoms with Gasteiger partial charge in [-0.25, -0.2) is 4.39 Å². The topological polar surface area (TPSA) is 97.5 Å². The number of aromatic nitrogens is 5. The molecule has 4 heterocycles. The lowest BCUT2D eigenvalue weighted by atomic mass is 10.0. The zero-order chi connectivity index (χ0) is 31.5. The summed E-state index contributed by atoms with van der Waals surface area (Å²) < 4.78 is 14.8. The highest BCUT2D eigenvalue weighted by molar-refractivity contribution is 6.01. The van der Waals surface area contributed by atoms with Crippen molar-refractivity contribution in [3.63, 3.8) is 0 Å². The normalized spacial score (nSPS) is 11.6. The van der Waals surface area contributed by atoms with E-state index < -0.39 is 0 Å². The maximum absolute atomic E-state index is 14.8. The Morgan fingerprint density at radius 2 is 1.65 bits per heavy atom. The van der Waals surface area contributed by atoms with Crippen molar-refractivity contribution < 1.29 is 4.39 Å². The summed E-state index contributed by atoms with van der Waals surface area (Å²) in [6.45, 7) is 3.06. The number of likely N-dealkylation sites (N-methyl/N-ethyl adjacent to an activating group) is 1. The first-order chi connectivity index (χ1) is 22.5. The zero-order valence-electron chi connectivity index (χ0n) is 25.8. The molecule has 7 rings (SSSR count). The summed E-state index contributed by atoms with van der Waals surface area (Å²) in [5.74, 6) is -0.276. The molecule has 0 amide bonds. The fourth-order valence-corrected chi connectivity index (χ4v) is 5.76. The monoisotopic (exact) mass is 610 g/mol. The molecular weight excluding hydrogens is 575 g/mol. The van der Waals surface area contributed by atoms with Gasteiger partial charge in [0.2, 0.25) is 0 Å². The Kier molecular flexibility index (Phi) is 8.24. The van der Waals surface area contributed by atoms with Crippen molar-refractivity contribution in [2.45, 2.75) is 13.1 Å². The predicted molar refractivity (Wildman–Crippen MR) is 184 cm³/mol. The summed E-state index contributed by atoms with van der Waals surface area (Å²) >= 11 is 0. The number of benzene rings is 3. The van der Waals surface area contributed by atoms with Crippen LogP contribution in [0.4, 0.5) is 10.1 Å². The van der Waals surface area contributed by atoms with Crippen LogP contribution in [0.5, 0.6) is 0 Å². The van der Waals surface area contributed by atoms with Gasteiger partial charge in [0.15, 0.2) is 0 Å². The van der Waals surface area contributed by atoms with Crippen molar-refractivity contribution in [1.82, 2.24) is 35.4 Å². The van der Waals surface area contributed by atoms with Crippen molar-refractivity contribution in [1.29, 1.82) is 0 Å². The minimum Gasteiger partial charge on any atom is -0.384 e. The Bertz CT molecular complexity index is 2120. The molecule has 46 heavy (non-hydrogen) atoms. The lowest BCUT2D eigenvalue weighted by Gasteiger charge is -2.13. The molecule has 0 spiro atoms. The van der Waals surface area contributed by atoms with E-state index >= 15 is 0 Å². The minimum absolute atomic E-state index is 0.276. The molecule has 4 N–H and O–H groups in total. The number of hydrogen-bond donors (Lipinski definition) is 4. The predicted octanol–water partition coefficient (Wildman–Crippen LogP) is 7.24. The number of hydrogen-bond acceptors (Lipinski definition) is 6. The molecule has 0 aliphatic carbocycles. The van der Waals surface area contributed by atoms with Crippen LogP contribution in [0.2, 0.25) is 0 Å². The SMILES string of the molecule is CN(C)CCNc1cc(F)cc(-c2cccc3[nH]c(-c4n[nH]c5cnc(-c6cncc(CNCc7ccccc7)c6)cc45)cc23)c1. The van der Waals surface area contributed by atoms with Crippen LogP contribution in [0.1, 0.15) is 11.1 Å². The molecule has 0 saturated heterocycles. The van der Waals surface area contributed by atoms with Crippen LogP contribution in [-0.4, -0.2) is 57.2 Å². The van der Waals surface area contributed by atoms with Gasteiger partial charge in [-0.05, 0) is 78.8 Å². The van der Waals surface area contributed by atoms with Gasteiger partial charge in [-0.2, -0.15) is 5.10 Å². The molecule has 0 radical (unpaired) electrons. The lowest BCUT2D eigenvalue weighted by Crippen LogP contribution is -2.20. The van der Waals surface area contributed by atoms with E-state index in [0.29, 0.717) is 6.54 Å². The number of aromatic amines is 2. The van der Waals surface area contributed by atoms with E-state index in [1.165, 1.54) is 11.6 Å². The molecule has 0 fully saturated rings. The highest BCUT2D eigenvalue weighted by atomic mass is 19.1. The van der Waals surface area contributed by atoms with Crippen LogP contribution in [0, 0.1) is 5.82 Å². The molecule has 0 saturated carbocycles. The third-order valence-electron chi connectivity index (χ3n) is 8.06. The first-order valence-corrected chi connectivity index (χ1v) is 15.3. The van der Waals surface area contributed by atoms with E-state index in [1.807, 2.05) is 75.2 Å². The Labute approximate surface area is 266 Å². The number of nitrogens with one attached hydrogen (secondary N) is 4. The average molecular weight is 611 g/mol. The quantitative estimate of drug-likeness (QED) is 0.123. The molecule has 9 heteroatoms. The first-order valence-electron chi connectivity index (χ1n) is 15.3. The van der Waals surface area contributed by atoms with Gasteiger partial charge in [-0.15, -0.1) is 0 Å². The molecular formula is C37H35FN8. The second-order valence-corrected chi connectivity index (χ2v) is 11.8. The number of H-pyrrole nitrogens is 2. The minimum atomic E-state index is -0.276. The molecule has 0 bridgehead atoms. The molecule has 0 aliphatic heterocycles. The Morgan fingerprint density at radius 3 is 2.52 bits per heavy atom. The Morgan fingerprint density at radius 1 is 0.783 bits per heavy atom. The van der Waals surface area contributed by atoms with Gasteiger partial charge in [-0.3, -0.25) is 15.1 Å². The number of pyridine rings is 2. The summed E-state index contributed by atoms with van der Waals surface area (Å²) in [4.78, 5) is 14.8. The number of rotatable bonds is 11.